The standard InChI is InChI=1S/C13H16F3NO2/c1-12(2,19-11(17)18)8-7-9-3-5-10(6-4-9)13(14,15)16/h3-6H,7-8H2,1-2H3,(H2,17,18). The van der Waals surface area contributed by atoms with Gasteiger partial charge in [0.1, 0.15) is 5.60 Å². The molecular formula is C13H16F3NO2. The van der Waals surface area contributed by atoms with Gasteiger partial charge in [-0.25, -0.2) is 4.79 Å². The van der Waals surface area contributed by atoms with Gasteiger partial charge in [0.05, 0.1) is 5.56 Å². The fourth-order valence-corrected chi connectivity index (χ4v) is 1.63. The van der Waals surface area contributed by atoms with Crippen molar-refractivity contribution in [3.05, 3.63) is 35.4 Å². The lowest BCUT2D eigenvalue weighted by atomic mass is 9.98. The number of hydrogen-bond donors (Lipinski definition) is 1. The van der Waals surface area contributed by atoms with Crippen LogP contribution in [0.2, 0.25) is 0 Å². The lowest BCUT2D eigenvalue weighted by molar-refractivity contribution is -0.137. The van der Waals surface area contributed by atoms with Gasteiger partial charge in [0.25, 0.3) is 0 Å². The van der Waals surface area contributed by atoms with Crippen LogP contribution in [0.1, 0.15) is 31.4 Å². The number of rotatable bonds is 4. The van der Waals surface area contributed by atoms with Crippen LogP contribution in [0.15, 0.2) is 24.3 Å². The summed E-state index contributed by atoms with van der Waals surface area (Å²) in [6.45, 7) is 3.39. The minimum Gasteiger partial charge on any atom is -0.444 e. The fraction of sp³-hybridized carbons (Fsp3) is 0.462. The number of hydrogen-bond acceptors (Lipinski definition) is 2. The Hall–Kier alpha value is -1.72. The van der Waals surface area contributed by atoms with Crippen molar-refractivity contribution in [2.45, 2.75) is 38.5 Å². The summed E-state index contributed by atoms with van der Waals surface area (Å²) in [5.74, 6) is 0. The van der Waals surface area contributed by atoms with Crippen LogP contribution in [0.3, 0.4) is 0 Å². The van der Waals surface area contributed by atoms with Gasteiger partial charge in [-0.3, -0.25) is 0 Å². The Morgan fingerprint density at radius 2 is 1.74 bits per heavy atom. The van der Waals surface area contributed by atoms with E-state index in [0.717, 1.165) is 17.7 Å². The molecule has 1 amide bonds. The minimum absolute atomic E-state index is 0.474. The van der Waals surface area contributed by atoms with E-state index in [1.54, 1.807) is 13.8 Å². The number of ether oxygens (including phenoxy) is 1. The Morgan fingerprint density at radius 3 is 2.16 bits per heavy atom. The van der Waals surface area contributed by atoms with E-state index < -0.39 is 23.4 Å². The lowest BCUT2D eigenvalue weighted by Crippen LogP contribution is -2.31. The van der Waals surface area contributed by atoms with Gasteiger partial charge >= 0.3 is 12.3 Å². The molecule has 0 bridgehead atoms. The van der Waals surface area contributed by atoms with Crippen molar-refractivity contribution in [3.8, 4) is 0 Å². The Kier molecular flexibility index (Phi) is 4.44. The predicted molar refractivity (Wildman–Crippen MR) is 64.5 cm³/mol. The molecule has 3 nitrogen and oxygen atoms in total. The number of alkyl halides is 3. The van der Waals surface area contributed by atoms with Crippen molar-refractivity contribution >= 4 is 6.09 Å². The second kappa shape index (κ2) is 5.50. The van der Waals surface area contributed by atoms with Crippen LogP contribution in [-0.4, -0.2) is 11.7 Å². The van der Waals surface area contributed by atoms with Gasteiger partial charge in [-0.2, -0.15) is 13.2 Å². The number of carbonyl (C=O) groups excluding carboxylic acids is 1. The molecule has 19 heavy (non-hydrogen) atoms. The molecule has 0 heterocycles. The number of nitrogens with two attached hydrogens (primary N) is 1. The summed E-state index contributed by atoms with van der Waals surface area (Å²) in [4.78, 5) is 10.7. The van der Waals surface area contributed by atoms with Crippen LogP contribution >= 0.6 is 0 Å². The van der Waals surface area contributed by atoms with Gasteiger partial charge in [0.15, 0.2) is 0 Å². The van der Waals surface area contributed by atoms with Crippen molar-refractivity contribution in [2.75, 3.05) is 0 Å². The summed E-state index contributed by atoms with van der Waals surface area (Å²) >= 11 is 0. The first-order chi connectivity index (χ1) is 8.60. The summed E-state index contributed by atoms with van der Waals surface area (Å²) in [5.41, 5.74) is 4.26. The van der Waals surface area contributed by atoms with Crippen molar-refractivity contribution < 1.29 is 22.7 Å². The highest BCUT2D eigenvalue weighted by molar-refractivity contribution is 5.65. The van der Waals surface area contributed by atoms with Gasteiger partial charge < -0.3 is 10.5 Å². The van der Waals surface area contributed by atoms with Crippen molar-refractivity contribution in [3.63, 3.8) is 0 Å². The molecule has 0 aromatic heterocycles. The predicted octanol–water partition coefficient (Wildman–Crippen LogP) is 3.51. The highest BCUT2D eigenvalue weighted by Gasteiger charge is 2.30. The molecule has 0 saturated heterocycles. The van der Waals surface area contributed by atoms with E-state index in [9.17, 15) is 18.0 Å². The Morgan fingerprint density at radius 1 is 1.21 bits per heavy atom. The highest BCUT2D eigenvalue weighted by Crippen LogP contribution is 2.29. The van der Waals surface area contributed by atoms with Crippen molar-refractivity contribution in [1.82, 2.24) is 0 Å². The maximum absolute atomic E-state index is 12.4. The van der Waals surface area contributed by atoms with Gasteiger partial charge in [0.2, 0.25) is 0 Å². The molecule has 0 aliphatic carbocycles. The number of aryl methyl sites for hydroxylation is 1. The number of halogens is 3. The van der Waals surface area contributed by atoms with E-state index in [2.05, 4.69) is 0 Å². The summed E-state index contributed by atoms with van der Waals surface area (Å²) in [6, 6.07) is 4.92. The Bertz CT molecular complexity index is 438. The first kappa shape index (κ1) is 15.3. The van der Waals surface area contributed by atoms with Crippen LogP contribution in [0.4, 0.5) is 18.0 Å². The average molecular weight is 275 g/mol. The summed E-state index contributed by atoms with van der Waals surface area (Å²) in [7, 11) is 0. The second-order valence-corrected chi connectivity index (χ2v) is 4.88. The number of amides is 1. The maximum atomic E-state index is 12.4. The molecule has 6 heteroatoms. The highest BCUT2D eigenvalue weighted by atomic mass is 19.4. The van der Waals surface area contributed by atoms with Crippen LogP contribution in [0.5, 0.6) is 0 Å². The van der Waals surface area contributed by atoms with Gasteiger partial charge in [-0.05, 0) is 44.4 Å². The van der Waals surface area contributed by atoms with Crippen LogP contribution in [0, 0.1) is 0 Å². The molecule has 1 aromatic carbocycles. The number of benzene rings is 1. The molecule has 1 rings (SSSR count). The zero-order valence-electron chi connectivity index (χ0n) is 10.8. The van der Waals surface area contributed by atoms with E-state index >= 15 is 0 Å². The molecule has 0 fully saturated rings. The van der Waals surface area contributed by atoms with E-state index in [0.29, 0.717) is 12.8 Å². The average Bonchev–Trinajstić information content (AvgIpc) is 2.24. The molecule has 0 aliphatic rings. The third kappa shape index (κ3) is 5.19. The summed E-state index contributed by atoms with van der Waals surface area (Å²) in [6.07, 6.45) is -4.22. The fourth-order valence-electron chi connectivity index (χ4n) is 1.63. The van der Waals surface area contributed by atoms with E-state index in [4.69, 9.17) is 10.5 Å². The molecule has 0 unspecified atom stereocenters. The smallest absolute Gasteiger partial charge is 0.416 e. The molecule has 0 spiro atoms. The molecular weight excluding hydrogens is 259 g/mol. The van der Waals surface area contributed by atoms with Gasteiger partial charge in [-0.1, -0.05) is 12.1 Å². The van der Waals surface area contributed by atoms with Crippen molar-refractivity contribution in [2.24, 2.45) is 5.73 Å². The number of carbonyl (C=O) groups is 1. The first-order valence-corrected chi connectivity index (χ1v) is 5.75. The second-order valence-electron chi connectivity index (χ2n) is 4.88. The van der Waals surface area contributed by atoms with Crippen LogP contribution in [0.25, 0.3) is 0 Å². The van der Waals surface area contributed by atoms with E-state index in [1.807, 2.05) is 0 Å². The van der Waals surface area contributed by atoms with E-state index in [1.165, 1.54) is 12.1 Å². The quantitative estimate of drug-likeness (QED) is 0.914. The van der Waals surface area contributed by atoms with Gasteiger partial charge in [-0.15, -0.1) is 0 Å². The third-order valence-electron chi connectivity index (χ3n) is 2.67. The first-order valence-electron chi connectivity index (χ1n) is 5.75. The van der Waals surface area contributed by atoms with Crippen LogP contribution in [-0.2, 0) is 17.3 Å². The SMILES string of the molecule is CC(C)(CCc1ccc(C(F)(F)F)cc1)OC(N)=O. The Labute approximate surface area is 109 Å². The maximum Gasteiger partial charge on any atom is 0.416 e. The molecule has 0 radical (unpaired) electrons. The minimum atomic E-state index is -4.33. The van der Waals surface area contributed by atoms with Crippen LogP contribution < -0.4 is 5.73 Å². The zero-order chi connectivity index (χ0) is 14.7. The molecule has 1 aromatic rings. The van der Waals surface area contributed by atoms with E-state index in [-0.39, 0.29) is 0 Å². The Balaban J connectivity index is 2.62. The molecule has 0 aliphatic heterocycles. The zero-order valence-corrected chi connectivity index (χ0v) is 10.8. The molecule has 0 saturated carbocycles. The van der Waals surface area contributed by atoms with Gasteiger partial charge in [0, 0.05) is 0 Å². The normalized spacial score (nSPS) is 12.3. The lowest BCUT2D eigenvalue weighted by Gasteiger charge is -2.23. The largest absolute Gasteiger partial charge is 0.444 e. The molecule has 2 N–H and O–H groups in total. The summed E-state index contributed by atoms with van der Waals surface area (Å²) < 4.78 is 42.0. The number of primary amides is 1. The third-order valence-corrected chi connectivity index (χ3v) is 2.67. The topological polar surface area (TPSA) is 52.3 Å². The van der Waals surface area contributed by atoms with Crippen molar-refractivity contribution in [1.29, 1.82) is 0 Å². The monoisotopic (exact) mass is 275 g/mol. The molecule has 0 atom stereocenters. The summed E-state index contributed by atoms with van der Waals surface area (Å²) in [5, 5.41) is 0. The molecule has 106 valence electrons.